The zero-order chi connectivity index (χ0) is 23.5. The van der Waals surface area contributed by atoms with Gasteiger partial charge in [-0.25, -0.2) is 0 Å². The number of benzene rings is 4. The lowest BCUT2D eigenvalue weighted by molar-refractivity contribution is -0.147. The smallest absolute Gasteiger partial charge is 0.314 e. The van der Waals surface area contributed by atoms with Gasteiger partial charge in [0.15, 0.2) is 5.60 Å². The Morgan fingerprint density at radius 1 is 0.706 bits per heavy atom. The van der Waals surface area contributed by atoms with Gasteiger partial charge in [0, 0.05) is 27.6 Å². The molecule has 2 atom stereocenters. The van der Waals surface area contributed by atoms with E-state index in [1.165, 1.54) is 0 Å². The molecule has 4 aromatic rings. The van der Waals surface area contributed by atoms with Gasteiger partial charge in [0.05, 0.1) is 5.92 Å². The van der Waals surface area contributed by atoms with E-state index in [2.05, 4.69) is 0 Å². The normalized spacial score (nSPS) is 20.2. The van der Waals surface area contributed by atoms with E-state index in [1.54, 1.807) is 0 Å². The molecule has 0 amide bonds. The molecular formula is C30H22Cl2O2. The fraction of sp³-hybridized carbons (Fsp3) is 0.100. The number of hydrogen-bond acceptors (Lipinski definition) is 2. The zero-order valence-corrected chi connectivity index (χ0v) is 19.8. The summed E-state index contributed by atoms with van der Waals surface area (Å²) in [5.41, 5.74) is 3.95. The van der Waals surface area contributed by atoms with Crippen LogP contribution >= 0.6 is 23.2 Å². The van der Waals surface area contributed by atoms with Crippen LogP contribution in [0.15, 0.2) is 115 Å². The number of esters is 1. The Labute approximate surface area is 209 Å². The zero-order valence-electron chi connectivity index (χ0n) is 18.3. The molecule has 2 nitrogen and oxygen atoms in total. The van der Waals surface area contributed by atoms with Gasteiger partial charge in [0.25, 0.3) is 0 Å². The molecule has 0 aromatic heterocycles. The van der Waals surface area contributed by atoms with E-state index < -0.39 is 11.5 Å². The van der Waals surface area contributed by atoms with E-state index in [9.17, 15) is 4.79 Å². The molecule has 1 fully saturated rings. The lowest BCUT2D eigenvalue weighted by Gasteiger charge is -2.29. The van der Waals surface area contributed by atoms with Crippen molar-refractivity contribution < 1.29 is 9.53 Å². The fourth-order valence-corrected chi connectivity index (χ4v) is 4.82. The van der Waals surface area contributed by atoms with Crippen molar-refractivity contribution in [3.63, 3.8) is 0 Å². The molecule has 168 valence electrons. The SMILES string of the molecule is O=C1OC(c2ccccc2)(c2ccc(Cl)cc2)CC1/C=C(\c1ccccc1)c1ccc(Cl)cc1. The molecule has 0 saturated carbocycles. The van der Waals surface area contributed by atoms with Gasteiger partial charge in [-0.1, -0.05) is 114 Å². The van der Waals surface area contributed by atoms with Crippen molar-refractivity contribution >= 4 is 34.7 Å². The molecule has 0 spiro atoms. The summed E-state index contributed by atoms with van der Waals surface area (Å²) in [5, 5.41) is 1.31. The quantitative estimate of drug-likeness (QED) is 0.268. The Morgan fingerprint density at radius 3 is 1.82 bits per heavy atom. The van der Waals surface area contributed by atoms with E-state index in [0.717, 1.165) is 27.8 Å². The van der Waals surface area contributed by atoms with Gasteiger partial charge in [0.2, 0.25) is 0 Å². The molecule has 1 heterocycles. The highest BCUT2D eigenvalue weighted by Gasteiger charge is 2.48. The first kappa shape index (κ1) is 22.5. The Morgan fingerprint density at radius 2 is 1.21 bits per heavy atom. The van der Waals surface area contributed by atoms with E-state index in [-0.39, 0.29) is 5.97 Å². The molecule has 0 bridgehead atoms. The van der Waals surface area contributed by atoms with Crippen LogP contribution in [0.5, 0.6) is 0 Å². The van der Waals surface area contributed by atoms with Crippen molar-refractivity contribution in [2.75, 3.05) is 0 Å². The molecule has 1 saturated heterocycles. The molecule has 0 radical (unpaired) electrons. The lowest BCUT2D eigenvalue weighted by atomic mass is 9.80. The second-order valence-electron chi connectivity index (χ2n) is 8.38. The second kappa shape index (κ2) is 9.50. The minimum atomic E-state index is -0.883. The molecule has 1 aliphatic heterocycles. The van der Waals surface area contributed by atoms with Crippen LogP contribution in [-0.4, -0.2) is 5.97 Å². The van der Waals surface area contributed by atoms with Crippen molar-refractivity contribution in [1.82, 2.24) is 0 Å². The van der Waals surface area contributed by atoms with Crippen LogP contribution < -0.4 is 0 Å². The number of cyclic esters (lactones) is 1. The maximum absolute atomic E-state index is 13.3. The molecule has 0 aliphatic carbocycles. The van der Waals surface area contributed by atoms with Gasteiger partial charge in [-0.15, -0.1) is 0 Å². The van der Waals surface area contributed by atoms with Gasteiger partial charge < -0.3 is 4.74 Å². The van der Waals surface area contributed by atoms with Crippen molar-refractivity contribution in [3.05, 3.63) is 148 Å². The van der Waals surface area contributed by atoms with Gasteiger partial charge >= 0.3 is 5.97 Å². The minimum Gasteiger partial charge on any atom is -0.449 e. The summed E-state index contributed by atoms with van der Waals surface area (Å²) in [6.07, 6.45) is 2.52. The first-order valence-corrected chi connectivity index (χ1v) is 11.9. The number of halogens is 2. The van der Waals surface area contributed by atoms with Crippen LogP contribution in [0, 0.1) is 5.92 Å². The standard InChI is InChI=1S/C30H22Cl2O2/c31-26-15-11-22(12-16-26)28(21-7-3-1-4-8-21)19-23-20-30(34-29(23)33,24-9-5-2-6-10-24)25-13-17-27(32)18-14-25/h1-19,23H,20H2/b28-19+. The van der Waals surface area contributed by atoms with Crippen LogP contribution in [-0.2, 0) is 15.1 Å². The van der Waals surface area contributed by atoms with Crippen LogP contribution in [0.4, 0.5) is 0 Å². The Bertz CT molecular complexity index is 1310. The van der Waals surface area contributed by atoms with Crippen molar-refractivity contribution in [2.24, 2.45) is 5.92 Å². The van der Waals surface area contributed by atoms with E-state index in [1.807, 2.05) is 115 Å². The first-order valence-electron chi connectivity index (χ1n) is 11.1. The summed E-state index contributed by atoms with van der Waals surface area (Å²) in [6.45, 7) is 0. The Hall–Kier alpha value is -3.33. The van der Waals surface area contributed by atoms with Gasteiger partial charge in [-0.2, -0.15) is 0 Å². The van der Waals surface area contributed by atoms with E-state index in [0.29, 0.717) is 16.5 Å². The average molecular weight is 485 g/mol. The average Bonchev–Trinajstić information content (AvgIpc) is 3.21. The third-order valence-corrected chi connectivity index (χ3v) is 6.75. The first-order chi connectivity index (χ1) is 16.5. The molecule has 1 aliphatic rings. The van der Waals surface area contributed by atoms with Crippen LogP contribution in [0.2, 0.25) is 10.0 Å². The summed E-state index contributed by atoms with van der Waals surface area (Å²) >= 11 is 12.3. The number of rotatable bonds is 5. The third kappa shape index (κ3) is 4.40. The summed E-state index contributed by atoms with van der Waals surface area (Å²) in [4.78, 5) is 13.3. The van der Waals surface area contributed by atoms with Gasteiger partial charge in [-0.05, 0) is 41.0 Å². The minimum absolute atomic E-state index is 0.249. The predicted molar refractivity (Wildman–Crippen MR) is 138 cm³/mol. The number of hydrogen-bond donors (Lipinski definition) is 0. The second-order valence-corrected chi connectivity index (χ2v) is 9.26. The summed E-state index contributed by atoms with van der Waals surface area (Å²) in [6, 6.07) is 35.2. The van der Waals surface area contributed by atoms with Crippen molar-refractivity contribution in [2.45, 2.75) is 12.0 Å². The highest BCUT2D eigenvalue weighted by Crippen LogP contribution is 2.46. The summed E-state index contributed by atoms with van der Waals surface area (Å²) in [7, 11) is 0. The van der Waals surface area contributed by atoms with E-state index in [4.69, 9.17) is 27.9 Å². The molecule has 4 heteroatoms. The molecular weight excluding hydrogens is 463 g/mol. The number of carbonyl (C=O) groups is 1. The molecule has 34 heavy (non-hydrogen) atoms. The highest BCUT2D eigenvalue weighted by molar-refractivity contribution is 6.30. The number of carbonyl (C=O) groups excluding carboxylic acids is 1. The molecule has 4 aromatic carbocycles. The lowest BCUT2D eigenvalue weighted by Crippen LogP contribution is -2.27. The molecule has 2 unspecified atom stereocenters. The molecule has 0 N–H and O–H groups in total. The van der Waals surface area contributed by atoms with Crippen LogP contribution in [0.1, 0.15) is 28.7 Å². The van der Waals surface area contributed by atoms with Crippen molar-refractivity contribution in [1.29, 1.82) is 0 Å². The fourth-order valence-electron chi connectivity index (χ4n) is 4.56. The summed E-state index contributed by atoms with van der Waals surface area (Å²) < 4.78 is 6.22. The van der Waals surface area contributed by atoms with Gasteiger partial charge in [0.1, 0.15) is 0 Å². The number of ether oxygens (including phenoxy) is 1. The Kier molecular flexibility index (Phi) is 6.28. The topological polar surface area (TPSA) is 26.3 Å². The van der Waals surface area contributed by atoms with E-state index >= 15 is 0 Å². The summed E-state index contributed by atoms with van der Waals surface area (Å²) in [5.74, 6) is -0.678. The largest absolute Gasteiger partial charge is 0.449 e. The van der Waals surface area contributed by atoms with Crippen LogP contribution in [0.25, 0.3) is 5.57 Å². The third-order valence-electron chi connectivity index (χ3n) is 6.24. The van der Waals surface area contributed by atoms with Crippen molar-refractivity contribution in [3.8, 4) is 0 Å². The van der Waals surface area contributed by atoms with Gasteiger partial charge in [-0.3, -0.25) is 4.79 Å². The molecule has 5 rings (SSSR count). The maximum atomic E-state index is 13.3. The van der Waals surface area contributed by atoms with Crippen LogP contribution in [0.3, 0.4) is 0 Å². The monoisotopic (exact) mass is 484 g/mol. The Balaban J connectivity index is 1.61. The maximum Gasteiger partial charge on any atom is 0.314 e. The predicted octanol–water partition coefficient (Wildman–Crippen LogP) is 7.93. The highest BCUT2D eigenvalue weighted by atomic mass is 35.5.